The maximum Gasteiger partial charge on any atom is 0.336 e. The summed E-state index contributed by atoms with van der Waals surface area (Å²) >= 11 is 6.05. The summed E-state index contributed by atoms with van der Waals surface area (Å²) < 4.78 is 5.36. The van der Waals surface area contributed by atoms with Gasteiger partial charge in [0.25, 0.3) is 5.91 Å². The lowest BCUT2D eigenvalue weighted by atomic mass is 9.83. The summed E-state index contributed by atoms with van der Waals surface area (Å²) in [6, 6.07) is 20.1. The van der Waals surface area contributed by atoms with E-state index in [1.165, 1.54) is 0 Å². The molecule has 3 aromatic rings. The summed E-state index contributed by atoms with van der Waals surface area (Å²) in [6.07, 6.45) is 0.142. The number of amides is 2. The zero-order valence-electron chi connectivity index (χ0n) is 22.0. The molecule has 0 saturated heterocycles. The maximum absolute atomic E-state index is 13.3. The lowest BCUT2D eigenvalue weighted by Gasteiger charge is -2.34. The molecule has 0 radical (unpaired) electrons. The minimum absolute atomic E-state index is 0.0907. The number of anilines is 1. The second-order valence-electron chi connectivity index (χ2n) is 9.46. The van der Waals surface area contributed by atoms with Crippen LogP contribution in [-0.4, -0.2) is 29.3 Å². The number of hydrogen-bond donors (Lipinski definition) is 1. The molecule has 0 fully saturated rings. The molecule has 1 N–H and O–H groups in total. The monoisotopic (exact) mass is 530 g/mol. The van der Waals surface area contributed by atoms with E-state index >= 15 is 0 Å². The first kappa shape index (κ1) is 27.1. The van der Waals surface area contributed by atoms with Crippen LogP contribution in [0.2, 0.25) is 5.02 Å². The number of nitrogens with zero attached hydrogens (tertiary/aromatic N) is 1. The molecule has 1 heterocycles. The highest BCUT2D eigenvalue weighted by Crippen LogP contribution is 2.38. The van der Waals surface area contributed by atoms with Gasteiger partial charge in [0.2, 0.25) is 5.91 Å². The first-order chi connectivity index (χ1) is 18.2. The molecular formula is C31H31ClN2O4. The average molecular weight is 531 g/mol. The van der Waals surface area contributed by atoms with Crippen LogP contribution in [0.3, 0.4) is 0 Å². The van der Waals surface area contributed by atoms with Crippen molar-refractivity contribution in [2.75, 3.05) is 11.9 Å². The highest BCUT2D eigenvalue weighted by molar-refractivity contribution is 6.30. The van der Waals surface area contributed by atoms with Crippen LogP contribution in [0.25, 0.3) is 0 Å². The van der Waals surface area contributed by atoms with Crippen molar-refractivity contribution in [3.63, 3.8) is 0 Å². The summed E-state index contributed by atoms with van der Waals surface area (Å²) in [5.41, 5.74) is 6.23. The largest absolute Gasteiger partial charge is 0.463 e. The van der Waals surface area contributed by atoms with E-state index in [2.05, 4.69) is 5.32 Å². The van der Waals surface area contributed by atoms with Crippen molar-refractivity contribution in [1.29, 1.82) is 0 Å². The van der Waals surface area contributed by atoms with Gasteiger partial charge in [-0.25, -0.2) is 4.79 Å². The average Bonchev–Trinajstić information content (AvgIpc) is 2.89. The summed E-state index contributed by atoms with van der Waals surface area (Å²) in [6.45, 7) is 8.08. The van der Waals surface area contributed by atoms with Crippen LogP contribution >= 0.6 is 11.6 Å². The summed E-state index contributed by atoms with van der Waals surface area (Å²) in [5.74, 6) is -1.14. The third-order valence-electron chi connectivity index (χ3n) is 6.91. The SMILES string of the molecule is CCOC(=O)C1=C(C)N(Cc2ccc(C(=O)Nc3ccc(C)c(C)c3)cc2)C(=O)CC1c1ccc(Cl)cc1. The van der Waals surface area contributed by atoms with Gasteiger partial charge in [0, 0.05) is 34.3 Å². The molecule has 1 aliphatic heterocycles. The molecule has 4 rings (SSSR count). The first-order valence-electron chi connectivity index (χ1n) is 12.6. The van der Waals surface area contributed by atoms with Gasteiger partial charge in [-0.1, -0.05) is 41.9 Å². The molecule has 1 aliphatic rings. The zero-order chi connectivity index (χ0) is 27.4. The van der Waals surface area contributed by atoms with Crippen molar-refractivity contribution >= 4 is 35.1 Å². The maximum atomic E-state index is 13.3. The Balaban J connectivity index is 1.55. The van der Waals surface area contributed by atoms with E-state index in [0.717, 1.165) is 27.9 Å². The van der Waals surface area contributed by atoms with Crippen molar-refractivity contribution in [3.05, 3.63) is 111 Å². The number of aryl methyl sites for hydroxylation is 2. The predicted octanol–water partition coefficient (Wildman–Crippen LogP) is 6.56. The van der Waals surface area contributed by atoms with Gasteiger partial charge in [0.05, 0.1) is 18.7 Å². The number of halogens is 1. The molecular weight excluding hydrogens is 500 g/mol. The number of carbonyl (C=O) groups excluding carboxylic acids is 3. The summed E-state index contributed by atoms with van der Waals surface area (Å²) in [7, 11) is 0. The molecule has 0 saturated carbocycles. The van der Waals surface area contributed by atoms with E-state index < -0.39 is 11.9 Å². The van der Waals surface area contributed by atoms with E-state index in [1.807, 2.05) is 56.3 Å². The molecule has 3 aromatic carbocycles. The van der Waals surface area contributed by atoms with Gasteiger partial charge in [-0.05, 0) is 86.3 Å². The second-order valence-corrected chi connectivity index (χ2v) is 9.89. The second kappa shape index (κ2) is 11.7. The Kier molecular flexibility index (Phi) is 8.32. The lowest BCUT2D eigenvalue weighted by Crippen LogP contribution is -2.38. The molecule has 6 nitrogen and oxygen atoms in total. The normalized spacial score (nSPS) is 15.4. The number of hydrogen-bond acceptors (Lipinski definition) is 4. The zero-order valence-corrected chi connectivity index (χ0v) is 22.8. The fraction of sp³-hybridized carbons (Fsp3) is 0.258. The molecule has 196 valence electrons. The fourth-order valence-electron chi connectivity index (χ4n) is 4.62. The summed E-state index contributed by atoms with van der Waals surface area (Å²) in [5, 5.41) is 3.51. The van der Waals surface area contributed by atoms with Crippen molar-refractivity contribution in [1.82, 2.24) is 4.90 Å². The molecule has 38 heavy (non-hydrogen) atoms. The van der Waals surface area contributed by atoms with Crippen molar-refractivity contribution in [2.45, 2.75) is 46.6 Å². The van der Waals surface area contributed by atoms with Crippen LogP contribution in [0.4, 0.5) is 5.69 Å². The van der Waals surface area contributed by atoms with Crippen LogP contribution in [0.1, 0.15) is 58.8 Å². The van der Waals surface area contributed by atoms with Crippen LogP contribution < -0.4 is 5.32 Å². The third kappa shape index (κ3) is 5.97. The van der Waals surface area contributed by atoms with Crippen LogP contribution in [-0.2, 0) is 20.9 Å². The molecule has 1 unspecified atom stereocenters. The molecule has 0 aliphatic carbocycles. The number of carbonyl (C=O) groups is 3. The van der Waals surface area contributed by atoms with E-state index in [1.54, 1.807) is 43.0 Å². The molecule has 1 atom stereocenters. The van der Waals surface area contributed by atoms with Crippen LogP contribution in [0.15, 0.2) is 78.0 Å². The highest BCUT2D eigenvalue weighted by atomic mass is 35.5. The fourth-order valence-corrected chi connectivity index (χ4v) is 4.75. The summed E-state index contributed by atoms with van der Waals surface area (Å²) in [4.78, 5) is 40.6. The van der Waals surface area contributed by atoms with Gasteiger partial charge in [-0.2, -0.15) is 0 Å². The van der Waals surface area contributed by atoms with Gasteiger partial charge in [0.15, 0.2) is 0 Å². The quantitative estimate of drug-likeness (QED) is 0.351. The van der Waals surface area contributed by atoms with Crippen LogP contribution in [0.5, 0.6) is 0 Å². The van der Waals surface area contributed by atoms with E-state index in [4.69, 9.17) is 16.3 Å². The Morgan fingerprint density at radius 3 is 2.29 bits per heavy atom. The molecule has 0 aromatic heterocycles. The van der Waals surface area contributed by atoms with Crippen molar-refractivity contribution < 1.29 is 19.1 Å². The number of ether oxygens (including phenoxy) is 1. The van der Waals surface area contributed by atoms with Gasteiger partial charge in [-0.3, -0.25) is 9.59 Å². The Hall–Kier alpha value is -3.90. The van der Waals surface area contributed by atoms with Gasteiger partial charge in [-0.15, -0.1) is 0 Å². The van der Waals surface area contributed by atoms with E-state index in [0.29, 0.717) is 21.9 Å². The Labute approximate surface area is 228 Å². The Morgan fingerprint density at radius 1 is 0.974 bits per heavy atom. The molecule has 2 amide bonds. The van der Waals surface area contributed by atoms with Crippen molar-refractivity contribution in [3.8, 4) is 0 Å². The minimum atomic E-state index is -0.430. The molecule has 0 bridgehead atoms. The Morgan fingerprint density at radius 2 is 1.66 bits per heavy atom. The minimum Gasteiger partial charge on any atom is -0.463 e. The van der Waals surface area contributed by atoms with Crippen LogP contribution in [0, 0.1) is 13.8 Å². The van der Waals surface area contributed by atoms with Gasteiger partial charge >= 0.3 is 5.97 Å². The lowest BCUT2D eigenvalue weighted by molar-refractivity contribution is -0.140. The topological polar surface area (TPSA) is 75.7 Å². The first-order valence-corrected chi connectivity index (χ1v) is 13.0. The Bertz CT molecular complexity index is 1390. The third-order valence-corrected chi connectivity index (χ3v) is 7.16. The van der Waals surface area contributed by atoms with E-state index in [-0.39, 0.29) is 31.4 Å². The molecule has 7 heteroatoms. The predicted molar refractivity (Wildman–Crippen MR) is 149 cm³/mol. The number of nitrogens with one attached hydrogen (secondary N) is 1. The smallest absolute Gasteiger partial charge is 0.336 e. The van der Waals surface area contributed by atoms with Crippen molar-refractivity contribution in [2.24, 2.45) is 0 Å². The van der Waals surface area contributed by atoms with Gasteiger partial charge in [0.1, 0.15) is 0 Å². The standard InChI is InChI=1S/C31H31ClN2O4/c1-5-38-31(37)29-21(4)34(28(35)17-27(29)23-11-13-25(32)14-12-23)18-22-7-9-24(10-8-22)30(36)33-26-15-6-19(2)20(3)16-26/h6-16,27H,5,17-18H2,1-4H3,(H,33,36). The van der Waals surface area contributed by atoms with Gasteiger partial charge < -0.3 is 15.0 Å². The number of benzene rings is 3. The number of esters is 1. The molecule has 0 spiro atoms. The highest BCUT2D eigenvalue weighted by Gasteiger charge is 2.36. The number of rotatable bonds is 7. The van der Waals surface area contributed by atoms with E-state index in [9.17, 15) is 14.4 Å². The number of allylic oxidation sites excluding steroid dienone is 1.